The zero-order chi connectivity index (χ0) is 27.7. The summed E-state index contributed by atoms with van der Waals surface area (Å²) in [6.45, 7) is -1.76. The van der Waals surface area contributed by atoms with Crippen LogP contribution in [0.25, 0.3) is 0 Å². The van der Waals surface area contributed by atoms with E-state index in [1.165, 1.54) is 11.9 Å². The van der Waals surface area contributed by atoms with Crippen LogP contribution in [0.1, 0.15) is 12.0 Å². The van der Waals surface area contributed by atoms with Gasteiger partial charge in [-0.2, -0.15) is 0 Å². The Balaban J connectivity index is 1.79. The highest BCUT2D eigenvalue weighted by Gasteiger charge is 2.36. The third kappa shape index (κ3) is 8.95. The van der Waals surface area contributed by atoms with E-state index in [-0.39, 0.29) is 31.6 Å². The maximum atomic E-state index is 12.8. The highest BCUT2D eigenvalue weighted by atomic mass is 35.5. The van der Waals surface area contributed by atoms with Crippen LogP contribution in [0, 0.1) is 0 Å². The van der Waals surface area contributed by atoms with Crippen molar-refractivity contribution in [2.45, 2.75) is 13.0 Å². The molecule has 200 valence electrons. The smallest absolute Gasteiger partial charge is 0.322 e. The van der Waals surface area contributed by atoms with Crippen LogP contribution >= 0.6 is 23.2 Å². The number of likely N-dealkylation sites (N-methyl/N-ethyl adjacent to an activating group) is 1. The normalized spacial score (nSPS) is 12.8. The van der Waals surface area contributed by atoms with Crippen molar-refractivity contribution in [3.63, 3.8) is 0 Å². The number of carbonyl (C=O) groups excluding carboxylic acids is 5. The number of rotatable bonds is 12. The molecule has 2 rings (SSSR count). The molecule has 0 unspecified atom stereocenters. The van der Waals surface area contributed by atoms with Crippen molar-refractivity contribution in [2.24, 2.45) is 0 Å². The van der Waals surface area contributed by atoms with Gasteiger partial charge in [0.1, 0.15) is 13.1 Å². The summed E-state index contributed by atoms with van der Waals surface area (Å²) in [6.07, 6.45) is -0.156. The van der Waals surface area contributed by atoms with Gasteiger partial charge >= 0.3 is 5.97 Å². The van der Waals surface area contributed by atoms with Gasteiger partial charge in [0.05, 0.1) is 28.7 Å². The number of hydrogen-bond donors (Lipinski definition) is 5. The molecule has 0 saturated carbocycles. The van der Waals surface area contributed by atoms with E-state index in [4.69, 9.17) is 28.3 Å². The molecule has 0 spiro atoms. The molecule has 1 aromatic carbocycles. The molecule has 0 bridgehead atoms. The molecule has 1 aliphatic heterocycles. The summed E-state index contributed by atoms with van der Waals surface area (Å²) in [7, 11) is 1.47. The molecule has 0 fully saturated rings. The number of halogens is 2. The molecule has 0 atom stereocenters. The first-order valence-corrected chi connectivity index (χ1v) is 11.6. The highest BCUT2D eigenvalue weighted by Crippen LogP contribution is 2.24. The monoisotopic (exact) mass is 557 g/mol. The Bertz CT molecular complexity index is 1140. The number of nitrogens with zero attached hydrogens (tertiary/aromatic N) is 2. The molecule has 37 heavy (non-hydrogen) atoms. The minimum atomic E-state index is -1.20. The number of benzene rings is 1. The summed E-state index contributed by atoms with van der Waals surface area (Å²) in [5.41, 5.74) is 0.490. The predicted octanol–water partition coefficient (Wildman–Crippen LogP) is -0.571. The molecular formula is C22H25Cl2N5O8. The fourth-order valence-corrected chi connectivity index (χ4v) is 3.50. The van der Waals surface area contributed by atoms with Crippen molar-refractivity contribution >= 4 is 58.7 Å². The lowest BCUT2D eigenvalue weighted by Gasteiger charge is -2.19. The Labute approximate surface area is 221 Å². The van der Waals surface area contributed by atoms with E-state index in [0.29, 0.717) is 15.6 Å². The van der Waals surface area contributed by atoms with Crippen molar-refractivity contribution < 1.29 is 39.0 Å². The SMILES string of the molecule is CN(Cc1ccc(Cl)c(Cl)c1)C(=O)C1=C(O)C(=O)N(CC(=O)NCC(=O)NCCC(=O)NCC(=O)O)C1. The first-order valence-electron chi connectivity index (χ1n) is 10.8. The number of aliphatic hydroxyl groups is 1. The van der Waals surface area contributed by atoms with Crippen LogP contribution in [0.4, 0.5) is 0 Å². The Morgan fingerprint density at radius 1 is 1.00 bits per heavy atom. The van der Waals surface area contributed by atoms with Crippen molar-refractivity contribution in [3.05, 3.63) is 45.1 Å². The molecule has 1 aliphatic rings. The van der Waals surface area contributed by atoms with Gasteiger partial charge in [0.15, 0.2) is 5.76 Å². The molecule has 13 nitrogen and oxygen atoms in total. The van der Waals surface area contributed by atoms with Crippen LogP contribution in [0.5, 0.6) is 0 Å². The van der Waals surface area contributed by atoms with Crippen LogP contribution in [-0.4, -0.2) is 95.3 Å². The van der Waals surface area contributed by atoms with Crippen LogP contribution < -0.4 is 16.0 Å². The lowest BCUT2D eigenvalue weighted by atomic mass is 10.2. The first kappa shape index (κ1) is 29.4. The summed E-state index contributed by atoms with van der Waals surface area (Å²) in [5.74, 6) is -5.39. The Kier molecular flexibility index (Phi) is 10.7. The topological polar surface area (TPSA) is 185 Å². The largest absolute Gasteiger partial charge is 0.503 e. The number of hydrogen-bond acceptors (Lipinski definition) is 7. The van der Waals surface area contributed by atoms with Gasteiger partial charge in [0, 0.05) is 26.6 Å². The fraction of sp³-hybridized carbons (Fsp3) is 0.364. The number of aliphatic carboxylic acids is 1. The van der Waals surface area contributed by atoms with E-state index in [9.17, 15) is 33.9 Å². The zero-order valence-electron chi connectivity index (χ0n) is 19.7. The molecular weight excluding hydrogens is 533 g/mol. The second-order valence-electron chi connectivity index (χ2n) is 7.95. The maximum absolute atomic E-state index is 12.8. The zero-order valence-corrected chi connectivity index (χ0v) is 21.2. The minimum absolute atomic E-state index is 0.0796. The van der Waals surface area contributed by atoms with E-state index >= 15 is 0 Å². The van der Waals surface area contributed by atoms with E-state index in [1.54, 1.807) is 18.2 Å². The van der Waals surface area contributed by atoms with E-state index in [2.05, 4.69) is 16.0 Å². The predicted molar refractivity (Wildman–Crippen MR) is 130 cm³/mol. The van der Waals surface area contributed by atoms with Gasteiger partial charge in [0.2, 0.25) is 17.7 Å². The first-order chi connectivity index (χ1) is 17.4. The molecule has 5 N–H and O–H groups in total. The average Bonchev–Trinajstić information content (AvgIpc) is 3.11. The molecule has 1 aromatic rings. The Morgan fingerprint density at radius 3 is 2.32 bits per heavy atom. The molecule has 15 heteroatoms. The highest BCUT2D eigenvalue weighted by molar-refractivity contribution is 6.42. The van der Waals surface area contributed by atoms with Crippen molar-refractivity contribution in [1.29, 1.82) is 0 Å². The van der Waals surface area contributed by atoms with Crippen LogP contribution in [0.2, 0.25) is 10.0 Å². The summed E-state index contributed by atoms with van der Waals surface area (Å²) in [5, 5.41) is 26.1. The molecule has 1 heterocycles. The third-order valence-electron chi connectivity index (χ3n) is 5.02. The van der Waals surface area contributed by atoms with Gasteiger partial charge in [-0.15, -0.1) is 0 Å². The molecule has 5 amide bonds. The Hall–Kier alpha value is -3.84. The lowest BCUT2D eigenvalue weighted by molar-refractivity contribution is -0.138. The number of carboxylic acid groups (broad SMARTS) is 1. The van der Waals surface area contributed by atoms with E-state index in [0.717, 1.165) is 4.90 Å². The molecule has 0 radical (unpaired) electrons. The van der Waals surface area contributed by atoms with Crippen molar-refractivity contribution in [2.75, 3.05) is 39.8 Å². The number of nitrogens with one attached hydrogen (secondary N) is 3. The van der Waals surface area contributed by atoms with Crippen LogP contribution in [0.15, 0.2) is 29.5 Å². The van der Waals surface area contributed by atoms with Gasteiger partial charge in [-0.1, -0.05) is 29.3 Å². The van der Waals surface area contributed by atoms with Gasteiger partial charge in [-0.25, -0.2) is 0 Å². The number of carboxylic acids is 1. The third-order valence-corrected chi connectivity index (χ3v) is 5.76. The quantitative estimate of drug-likeness (QED) is 0.226. The van der Waals surface area contributed by atoms with E-state index in [1.807, 2.05) is 0 Å². The molecule has 0 aliphatic carbocycles. The summed E-state index contributed by atoms with van der Waals surface area (Å²) >= 11 is 11.9. The number of carbonyl (C=O) groups is 6. The fourth-order valence-electron chi connectivity index (χ4n) is 3.18. The summed E-state index contributed by atoms with van der Waals surface area (Å²) in [6, 6.07) is 4.84. The van der Waals surface area contributed by atoms with Crippen molar-refractivity contribution in [1.82, 2.24) is 25.8 Å². The Morgan fingerprint density at radius 2 is 1.68 bits per heavy atom. The van der Waals surface area contributed by atoms with Gasteiger partial charge in [-0.05, 0) is 17.7 Å². The summed E-state index contributed by atoms with van der Waals surface area (Å²) < 4.78 is 0. The minimum Gasteiger partial charge on any atom is -0.503 e. The molecule has 0 saturated heterocycles. The molecule has 0 aromatic heterocycles. The van der Waals surface area contributed by atoms with E-state index < -0.39 is 60.9 Å². The average molecular weight is 558 g/mol. The van der Waals surface area contributed by atoms with Crippen LogP contribution in [-0.2, 0) is 35.3 Å². The second-order valence-corrected chi connectivity index (χ2v) is 8.76. The second kappa shape index (κ2) is 13.5. The van der Waals surface area contributed by atoms with Gasteiger partial charge in [-0.3, -0.25) is 28.8 Å². The summed E-state index contributed by atoms with van der Waals surface area (Å²) in [4.78, 5) is 73.1. The lowest BCUT2D eigenvalue weighted by Crippen LogP contribution is -2.43. The van der Waals surface area contributed by atoms with Crippen molar-refractivity contribution in [3.8, 4) is 0 Å². The van der Waals surface area contributed by atoms with Gasteiger partial charge in [0.25, 0.3) is 11.8 Å². The van der Waals surface area contributed by atoms with Crippen LogP contribution in [0.3, 0.4) is 0 Å². The number of aliphatic hydroxyl groups excluding tert-OH is 1. The maximum Gasteiger partial charge on any atom is 0.322 e. The van der Waals surface area contributed by atoms with Gasteiger partial charge < -0.3 is 36.0 Å². The number of amides is 5. The standard InChI is InChI=1S/C22H25Cl2N5O8/c1-28(9-12-2-3-14(23)15(24)6-12)21(36)13-10-29(22(37)20(13)35)11-18(32)26-7-17(31)25-5-4-16(30)27-8-19(33)34/h2-3,6,35H,4-5,7-11H2,1H3,(H,25,31)(H,26,32)(H,27,30)(H,33,34).